The SMILES string of the molecule is Cc1cccc(C)c1NC(=O)[C@H](C)CS(=O)(=O)c1ccc2c(c1)NC(=O)[C@H](C)S2. The number of carbonyl (C=O) groups excluding carboxylic acids is 2. The van der Waals surface area contributed by atoms with Crippen molar-refractivity contribution in [1.29, 1.82) is 0 Å². The molecule has 29 heavy (non-hydrogen) atoms. The number of carbonyl (C=O) groups is 2. The third-order valence-corrected chi connectivity index (χ3v) is 7.98. The zero-order valence-electron chi connectivity index (χ0n) is 16.8. The minimum Gasteiger partial charge on any atom is -0.325 e. The Morgan fingerprint density at radius 3 is 2.52 bits per heavy atom. The van der Waals surface area contributed by atoms with E-state index >= 15 is 0 Å². The van der Waals surface area contributed by atoms with Gasteiger partial charge in [-0.05, 0) is 50.1 Å². The van der Waals surface area contributed by atoms with Gasteiger partial charge in [0.15, 0.2) is 9.84 Å². The van der Waals surface area contributed by atoms with Crippen molar-refractivity contribution in [3.8, 4) is 0 Å². The number of fused-ring (bicyclic) bond motifs is 1. The summed E-state index contributed by atoms with van der Waals surface area (Å²) in [5.41, 5.74) is 3.05. The van der Waals surface area contributed by atoms with E-state index in [0.717, 1.165) is 16.0 Å². The van der Waals surface area contributed by atoms with Crippen molar-refractivity contribution in [3.63, 3.8) is 0 Å². The molecule has 0 aliphatic carbocycles. The van der Waals surface area contributed by atoms with Gasteiger partial charge in [-0.3, -0.25) is 9.59 Å². The summed E-state index contributed by atoms with van der Waals surface area (Å²) < 4.78 is 25.7. The average molecular weight is 433 g/mol. The molecule has 0 spiro atoms. The van der Waals surface area contributed by atoms with Crippen LogP contribution in [-0.2, 0) is 19.4 Å². The van der Waals surface area contributed by atoms with Gasteiger partial charge in [-0.1, -0.05) is 25.1 Å². The van der Waals surface area contributed by atoms with E-state index in [0.29, 0.717) is 11.4 Å². The first-order valence-corrected chi connectivity index (χ1v) is 11.8. The van der Waals surface area contributed by atoms with Gasteiger partial charge in [0.1, 0.15) is 0 Å². The second-order valence-corrected chi connectivity index (χ2v) is 10.8. The molecular weight excluding hydrogens is 408 g/mol. The lowest BCUT2D eigenvalue weighted by Crippen LogP contribution is -2.28. The molecule has 0 aromatic heterocycles. The summed E-state index contributed by atoms with van der Waals surface area (Å²) in [5, 5.41) is 5.37. The Kier molecular flexibility index (Phi) is 6.05. The number of anilines is 2. The topological polar surface area (TPSA) is 92.3 Å². The Labute approximate surface area is 175 Å². The first-order chi connectivity index (χ1) is 13.6. The summed E-state index contributed by atoms with van der Waals surface area (Å²) in [6, 6.07) is 10.4. The summed E-state index contributed by atoms with van der Waals surface area (Å²) in [7, 11) is -3.70. The minimum atomic E-state index is -3.70. The van der Waals surface area contributed by atoms with E-state index in [4.69, 9.17) is 0 Å². The van der Waals surface area contributed by atoms with Crippen LogP contribution in [0.5, 0.6) is 0 Å². The van der Waals surface area contributed by atoms with Crippen LogP contribution in [0.2, 0.25) is 0 Å². The fraction of sp³-hybridized carbons (Fsp3) is 0.333. The lowest BCUT2D eigenvalue weighted by atomic mass is 10.1. The third kappa shape index (κ3) is 4.64. The predicted octanol–water partition coefficient (Wildman–Crippen LogP) is 3.78. The number of hydrogen-bond donors (Lipinski definition) is 2. The minimum absolute atomic E-state index is 0.0958. The van der Waals surface area contributed by atoms with Gasteiger partial charge in [0.25, 0.3) is 0 Å². The van der Waals surface area contributed by atoms with E-state index in [2.05, 4.69) is 10.6 Å². The molecule has 3 rings (SSSR count). The number of sulfone groups is 1. The van der Waals surface area contributed by atoms with Gasteiger partial charge < -0.3 is 10.6 Å². The highest BCUT2D eigenvalue weighted by atomic mass is 32.2. The van der Waals surface area contributed by atoms with Crippen molar-refractivity contribution in [2.45, 2.75) is 42.7 Å². The molecule has 1 aliphatic heterocycles. The zero-order chi connectivity index (χ0) is 21.3. The molecule has 6 nitrogen and oxygen atoms in total. The number of thioether (sulfide) groups is 1. The molecule has 0 radical (unpaired) electrons. The molecule has 1 heterocycles. The zero-order valence-corrected chi connectivity index (χ0v) is 18.4. The molecule has 0 unspecified atom stereocenters. The van der Waals surface area contributed by atoms with Crippen molar-refractivity contribution in [2.75, 3.05) is 16.4 Å². The Balaban J connectivity index is 1.76. The van der Waals surface area contributed by atoms with Crippen LogP contribution < -0.4 is 10.6 Å². The van der Waals surface area contributed by atoms with E-state index in [-0.39, 0.29) is 27.7 Å². The van der Waals surface area contributed by atoms with Crippen LogP contribution in [0.15, 0.2) is 46.2 Å². The standard InChI is InChI=1S/C21H24N2O4S2/c1-12-6-5-7-13(2)19(12)23-20(24)14(3)11-29(26,27)16-8-9-18-17(10-16)22-21(25)15(4)28-18/h5-10,14-15H,11H2,1-4H3,(H,22,25)(H,23,24)/t14-,15+/m1/s1. The average Bonchev–Trinajstić information content (AvgIpc) is 2.64. The Morgan fingerprint density at radius 2 is 1.86 bits per heavy atom. The van der Waals surface area contributed by atoms with Crippen LogP contribution in [-0.4, -0.2) is 31.2 Å². The van der Waals surface area contributed by atoms with Gasteiger partial charge in [-0.2, -0.15) is 0 Å². The number of nitrogens with one attached hydrogen (secondary N) is 2. The second kappa shape index (κ2) is 8.20. The van der Waals surface area contributed by atoms with E-state index in [1.165, 1.54) is 23.9 Å². The lowest BCUT2D eigenvalue weighted by Gasteiger charge is -2.22. The normalized spacial score (nSPS) is 17.2. The fourth-order valence-corrected chi connectivity index (χ4v) is 5.65. The largest absolute Gasteiger partial charge is 0.325 e. The molecule has 0 saturated carbocycles. The lowest BCUT2D eigenvalue weighted by molar-refractivity contribution is -0.119. The van der Waals surface area contributed by atoms with Crippen LogP contribution >= 0.6 is 11.8 Å². The Morgan fingerprint density at radius 1 is 1.21 bits per heavy atom. The molecule has 0 bridgehead atoms. The van der Waals surface area contributed by atoms with Crippen molar-refractivity contribution in [3.05, 3.63) is 47.5 Å². The third-order valence-electron chi connectivity index (χ3n) is 4.89. The first-order valence-electron chi connectivity index (χ1n) is 9.30. The van der Waals surface area contributed by atoms with E-state index in [9.17, 15) is 18.0 Å². The molecular formula is C21H24N2O4S2. The van der Waals surface area contributed by atoms with Crippen LogP contribution in [0.3, 0.4) is 0 Å². The van der Waals surface area contributed by atoms with Gasteiger partial charge in [0.05, 0.1) is 21.6 Å². The molecule has 0 saturated heterocycles. The van der Waals surface area contributed by atoms with Crippen LogP contribution in [0.25, 0.3) is 0 Å². The van der Waals surface area contributed by atoms with Crippen LogP contribution in [0, 0.1) is 19.8 Å². The maximum absolute atomic E-state index is 12.9. The smallest absolute Gasteiger partial charge is 0.237 e. The molecule has 8 heteroatoms. The number of rotatable bonds is 5. The number of aryl methyl sites for hydroxylation is 2. The monoisotopic (exact) mass is 432 g/mol. The van der Waals surface area contributed by atoms with Crippen LogP contribution in [0.1, 0.15) is 25.0 Å². The molecule has 1 aliphatic rings. The van der Waals surface area contributed by atoms with Crippen molar-refractivity contribution < 1.29 is 18.0 Å². The summed E-state index contributed by atoms with van der Waals surface area (Å²) >= 11 is 1.39. The van der Waals surface area contributed by atoms with Crippen molar-refractivity contribution >= 4 is 44.8 Å². The molecule has 2 atom stereocenters. The predicted molar refractivity (Wildman–Crippen MR) is 116 cm³/mol. The highest BCUT2D eigenvalue weighted by molar-refractivity contribution is 8.01. The highest BCUT2D eigenvalue weighted by Gasteiger charge is 2.27. The summed E-state index contributed by atoms with van der Waals surface area (Å²) in [6.07, 6.45) is 0. The number of amides is 2. The van der Waals surface area contributed by atoms with E-state index in [1.54, 1.807) is 19.9 Å². The van der Waals surface area contributed by atoms with E-state index < -0.39 is 15.8 Å². The quantitative estimate of drug-likeness (QED) is 0.750. The van der Waals surface area contributed by atoms with Gasteiger partial charge >= 0.3 is 0 Å². The van der Waals surface area contributed by atoms with Gasteiger partial charge in [0, 0.05) is 16.5 Å². The summed E-state index contributed by atoms with van der Waals surface area (Å²) in [4.78, 5) is 25.4. The molecule has 2 N–H and O–H groups in total. The summed E-state index contributed by atoms with van der Waals surface area (Å²) in [5.74, 6) is -1.56. The fourth-order valence-electron chi connectivity index (χ4n) is 3.14. The van der Waals surface area contributed by atoms with Gasteiger partial charge in [0.2, 0.25) is 11.8 Å². The maximum atomic E-state index is 12.9. The number of para-hydroxylation sites is 1. The molecule has 154 valence electrons. The van der Waals surface area contributed by atoms with Crippen molar-refractivity contribution in [1.82, 2.24) is 0 Å². The summed E-state index contributed by atoms with van der Waals surface area (Å²) in [6.45, 7) is 7.18. The first kappa shape index (κ1) is 21.4. The molecule has 2 aromatic carbocycles. The van der Waals surface area contributed by atoms with Crippen molar-refractivity contribution in [2.24, 2.45) is 5.92 Å². The highest BCUT2D eigenvalue weighted by Crippen LogP contribution is 2.37. The van der Waals surface area contributed by atoms with Crippen LogP contribution in [0.4, 0.5) is 11.4 Å². The number of hydrogen-bond acceptors (Lipinski definition) is 5. The number of benzene rings is 2. The van der Waals surface area contributed by atoms with Gasteiger partial charge in [-0.25, -0.2) is 8.42 Å². The van der Waals surface area contributed by atoms with Gasteiger partial charge in [-0.15, -0.1) is 11.8 Å². The molecule has 0 fully saturated rings. The molecule has 2 amide bonds. The molecule has 2 aromatic rings. The maximum Gasteiger partial charge on any atom is 0.237 e. The second-order valence-electron chi connectivity index (χ2n) is 7.35. The Bertz CT molecular complexity index is 1060. The Hall–Kier alpha value is -2.32. The van der Waals surface area contributed by atoms with E-state index in [1.807, 2.05) is 32.0 Å².